The smallest absolute Gasteiger partial charge is 0.298 e. The van der Waals surface area contributed by atoms with E-state index in [0.29, 0.717) is 5.56 Å². The number of pyridine rings is 1. The SMILES string of the molecule is Cc1[c-]nc(C(=O)O)c(Cl)c1N.[Y]. The van der Waals surface area contributed by atoms with Crippen LogP contribution in [0, 0.1) is 13.1 Å². The van der Waals surface area contributed by atoms with Crippen LogP contribution in [0.5, 0.6) is 0 Å². The number of carboxylic acid groups (broad SMARTS) is 1. The van der Waals surface area contributed by atoms with E-state index in [9.17, 15) is 4.79 Å². The number of aromatic carboxylic acids is 1. The topological polar surface area (TPSA) is 76.2 Å². The first-order valence-corrected chi connectivity index (χ1v) is 3.48. The molecular weight excluding hydrogens is 268 g/mol. The van der Waals surface area contributed by atoms with E-state index in [0.717, 1.165) is 0 Å². The summed E-state index contributed by atoms with van der Waals surface area (Å²) in [4.78, 5) is 14.0. The van der Waals surface area contributed by atoms with Crippen LogP contribution in [0.15, 0.2) is 0 Å². The molecule has 0 spiro atoms. The van der Waals surface area contributed by atoms with Crippen LogP contribution in [0.25, 0.3) is 0 Å². The number of nitrogen functional groups attached to an aromatic ring is 1. The first-order chi connectivity index (χ1) is 5.54. The van der Waals surface area contributed by atoms with Crippen LogP contribution in [0.3, 0.4) is 0 Å². The van der Waals surface area contributed by atoms with Crippen molar-refractivity contribution in [2.45, 2.75) is 6.92 Å². The summed E-state index contributed by atoms with van der Waals surface area (Å²) in [5, 5.41) is 8.53. The molecule has 3 N–H and O–H groups in total. The number of nitrogens with zero attached hydrogens (tertiary/aromatic N) is 1. The quantitative estimate of drug-likeness (QED) is 0.753. The van der Waals surface area contributed by atoms with Crippen molar-refractivity contribution in [3.05, 3.63) is 22.5 Å². The van der Waals surface area contributed by atoms with Gasteiger partial charge in [-0.2, -0.15) is 0 Å². The van der Waals surface area contributed by atoms with Crippen LogP contribution < -0.4 is 5.73 Å². The van der Waals surface area contributed by atoms with Gasteiger partial charge in [-0.3, -0.25) is 4.79 Å². The minimum Gasteiger partial charge on any atom is -0.486 e. The summed E-state index contributed by atoms with van der Waals surface area (Å²) < 4.78 is 0. The number of hydrogen-bond donors (Lipinski definition) is 2. The molecule has 67 valence electrons. The Labute approximate surface area is 105 Å². The molecule has 1 aromatic rings. The Morgan fingerprint density at radius 1 is 1.69 bits per heavy atom. The second-order valence-electron chi connectivity index (χ2n) is 2.23. The van der Waals surface area contributed by atoms with Crippen molar-refractivity contribution in [3.8, 4) is 0 Å². The Morgan fingerprint density at radius 3 is 2.69 bits per heavy atom. The number of carboxylic acids is 1. The van der Waals surface area contributed by atoms with Gasteiger partial charge in [-0.25, -0.2) is 0 Å². The molecule has 1 rings (SSSR count). The third-order valence-corrected chi connectivity index (χ3v) is 1.77. The van der Waals surface area contributed by atoms with Gasteiger partial charge in [-0.15, -0.1) is 17.2 Å². The predicted molar refractivity (Wildman–Crippen MR) is 44.2 cm³/mol. The first-order valence-electron chi connectivity index (χ1n) is 3.10. The summed E-state index contributed by atoms with van der Waals surface area (Å²) in [7, 11) is 0. The van der Waals surface area contributed by atoms with E-state index < -0.39 is 5.97 Å². The molecule has 6 heteroatoms. The van der Waals surface area contributed by atoms with Crippen LogP contribution in [0.1, 0.15) is 16.1 Å². The maximum Gasteiger partial charge on any atom is 0.298 e. The first kappa shape index (κ1) is 12.8. The van der Waals surface area contributed by atoms with Gasteiger partial charge in [-0.05, 0) is 5.02 Å². The molecule has 0 saturated carbocycles. The van der Waals surface area contributed by atoms with E-state index in [-0.39, 0.29) is 49.1 Å². The summed E-state index contributed by atoms with van der Waals surface area (Å²) in [5.74, 6) is -1.21. The van der Waals surface area contributed by atoms with Crippen molar-refractivity contribution in [1.82, 2.24) is 4.98 Å². The van der Waals surface area contributed by atoms with Gasteiger partial charge in [0, 0.05) is 32.7 Å². The van der Waals surface area contributed by atoms with Crippen LogP contribution in [0.2, 0.25) is 5.02 Å². The number of rotatable bonds is 1. The van der Waals surface area contributed by atoms with Crippen LogP contribution in [-0.4, -0.2) is 16.1 Å². The van der Waals surface area contributed by atoms with Crippen LogP contribution in [0.4, 0.5) is 5.69 Å². The van der Waals surface area contributed by atoms with Crippen molar-refractivity contribution in [1.29, 1.82) is 0 Å². The maximum absolute atomic E-state index is 10.5. The molecule has 0 amide bonds. The molecule has 0 bridgehead atoms. The Kier molecular flexibility index (Phi) is 4.82. The Hall–Kier alpha value is -0.186. The summed E-state index contributed by atoms with van der Waals surface area (Å²) in [6.45, 7) is 1.65. The average Bonchev–Trinajstić information content (AvgIpc) is 2.00. The molecule has 1 radical (unpaired) electrons. The van der Waals surface area contributed by atoms with E-state index >= 15 is 0 Å². The minimum absolute atomic E-state index is 0. The zero-order valence-corrected chi connectivity index (χ0v) is 10.4. The predicted octanol–water partition coefficient (Wildman–Crippen LogP) is 1.12. The minimum atomic E-state index is -1.21. The number of carbonyl (C=O) groups is 1. The Morgan fingerprint density at radius 2 is 2.23 bits per heavy atom. The fourth-order valence-corrected chi connectivity index (χ4v) is 0.948. The number of halogens is 1. The van der Waals surface area contributed by atoms with Crippen LogP contribution >= 0.6 is 11.6 Å². The van der Waals surface area contributed by atoms with Gasteiger partial charge in [0.1, 0.15) is 0 Å². The van der Waals surface area contributed by atoms with E-state index in [4.69, 9.17) is 22.4 Å². The zero-order chi connectivity index (χ0) is 9.30. The van der Waals surface area contributed by atoms with Crippen LogP contribution in [-0.2, 0) is 32.7 Å². The molecule has 13 heavy (non-hydrogen) atoms. The molecular formula is C7H6ClN2O2Y-. The number of hydrogen-bond acceptors (Lipinski definition) is 3. The number of aryl methyl sites for hydroxylation is 1. The van der Waals surface area contributed by atoms with E-state index in [1.165, 1.54) is 0 Å². The molecule has 0 aliphatic heterocycles. The van der Waals surface area contributed by atoms with Gasteiger partial charge in [0.2, 0.25) is 0 Å². The summed E-state index contributed by atoms with van der Waals surface area (Å²) in [6.07, 6.45) is 2.45. The standard InChI is InChI=1S/C7H6ClN2O2.Y/c1-3-2-10-6(7(11)12)4(8)5(3)9;/h1H3,(H2,9,10)(H,11,12);/q-1;. The van der Waals surface area contributed by atoms with Crippen molar-refractivity contribution in [2.75, 3.05) is 5.73 Å². The maximum atomic E-state index is 10.5. The second kappa shape index (κ2) is 4.89. The molecule has 0 aliphatic carbocycles. The molecule has 0 atom stereocenters. The van der Waals surface area contributed by atoms with Gasteiger partial charge in [0.15, 0.2) is 0 Å². The zero-order valence-electron chi connectivity index (χ0n) is 6.84. The Bertz CT molecular complexity index is 344. The largest absolute Gasteiger partial charge is 0.486 e. The molecule has 0 aliphatic rings. The van der Waals surface area contributed by atoms with E-state index in [2.05, 4.69) is 11.2 Å². The van der Waals surface area contributed by atoms with Crippen molar-refractivity contribution < 1.29 is 42.6 Å². The second-order valence-corrected chi connectivity index (χ2v) is 2.61. The van der Waals surface area contributed by atoms with Gasteiger partial charge in [-0.1, -0.05) is 18.8 Å². The number of anilines is 1. The van der Waals surface area contributed by atoms with Gasteiger partial charge in [0.25, 0.3) is 5.97 Å². The van der Waals surface area contributed by atoms with Gasteiger partial charge in [0.05, 0.1) is 5.69 Å². The summed E-state index contributed by atoms with van der Waals surface area (Å²) in [5.41, 5.74) is 5.95. The van der Waals surface area contributed by atoms with E-state index in [1.807, 2.05) is 0 Å². The monoisotopic (exact) mass is 274 g/mol. The molecule has 0 fully saturated rings. The van der Waals surface area contributed by atoms with Crippen molar-refractivity contribution >= 4 is 23.3 Å². The molecule has 0 aromatic carbocycles. The third-order valence-electron chi connectivity index (χ3n) is 1.39. The number of aromatic nitrogens is 1. The Balaban J connectivity index is 0.00000144. The summed E-state index contributed by atoms with van der Waals surface area (Å²) >= 11 is 5.61. The fraction of sp³-hybridized carbons (Fsp3) is 0.143. The normalized spacial score (nSPS) is 9.08. The average molecular weight is 274 g/mol. The third kappa shape index (κ3) is 2.63. The molecule has 0 unspecified atom stereocenters. The van der Waals surface area contributed by atoms with E-state index in [1.54, 1.807) is 6.92 Å². The molecule has 1 aromatic heterocycles. The molecule has 0 saturated heterocycles. The fourth-order valence-electron chi connectivity index (χ4n) is 0.683. The molecule has 1 heterocycles. The summed E-state index contributed by atoms with van der Waals surface area (Å²) in [6, 6.07) is 0. The number of nitrogens with two attached hydrogens (primary N) is 1. The van der Waals surface area contributed by atoms with Gasteiger partial charge >= 0.3 is 0 Å². The van der Waals surface area contributed by atoms with Gasteiger partial charge < -0.3 is 15.8 Å². The van der Waals surface area contributed by atoms with Crippen molar-refractivity contribution in [2.24, 2.45) is 0 Å². The van der Waals surface area contributed by atoms with Crippen molar-refractivity contribution in [3.63, 3.8) is 0 Å². The molecule has 4 nitrogen and oxygen atoms in total.